The zero-order valence-corrected chi connectivity index (χ0v) is 15.5. The van der Waals surface area contributed by atoms with Crippen LogP contribution < -0.4 is 25.8 Å². The Morgan fingerprint density at radius 1 is 1.00 bits per heavy atom. The molecule has 0 spiro atoms. The predicted molar refractivity (Wildman–Crippen MR) is 108 cm³/mol. The van der Waals surface area contributed by atoms with Gasteiger partial charge in [0.05, 0.1) is 13.2 Å². The minimum Gasteiger partial charge on any atom is -0.490 e. The first kappa shape index (κ1) is 18.9. The Bertz CT molecular complexity index is 690. The third kappa shape index (κ3) is 6.15. The van der Waals surface area contributed by atoms with Crippen molar-refractivity contribution in [3.05, 3.63) is 48.0 Å². The van der Waals surface area contributed by atoms with E-state index in [-0.39, 0.29) is 0 Å². The zero-order chi connectivity index (χ0) is 18.1. The fourth-order valence-corrected chi connectivity index (χ4v) is 2.53. The molecule has 134 valence electrons. The molecule has 2 rings (SSSR count). The molecule has 4 N–H and O–H groups in total. The summed E-state index contributed by atoms with van der Waals surface area (Å²) in [5.41, 5.74) is 8.47. The van der Waals surface area contributed by atoms with E-state index in [4.69, 9.17) is 27.4 Å². The molecule has 25 heavy (non-hydrogen) atoms. The highest BCUT2D eigenvalue weighted by Gasteiger charge is 2.06. The Morgan fingerprint density at radius 2 is 1.68 bits per heavy atom. The zero-order valence-electron chi connectivity index (χ0n) is 14.7. The predicted octanol–water partition coefficient (Wildman–Crippen LogP) is 3.60. The van der Waals surface area contributed by atoms with Gasteiger partial charge in [-0.05, 0) is 74.4 Å². The van der Waals surface area contributed by atoms with E-state index in [0.717, 1.165) is 41.4 Å². The third-order valence-electron chi connectivity index (χ3n) is 3.48. The van der Waals surface area contributed by atoms with E-state index >= 15 is 0 Å². The van der Waals surface area contributed by atoms with Gasteiger partial charge in [-0.1, -0.05) is 6.07 Å². The van der Waals surface area contributed by atoms with Gasteiger partial charge in [0, 0.05) is 17.9 Å². The van der Waals surface area contributed by atoms with Crippen LogP contribution in [0, 0.1) is 0 Å². The molecule has 6 heteroatoms. The average molecular weight is 359 g/mol. The number of rotatable bonds is 8. The lowest BCUT2D eigenvalue weighted by atomic mass is 10.1. The standard InChI is InChI=1S/C19H25N3O2S/c1-3-23-17-10-5-14(13-18(17)24-4-2)11-12-21-19(25)22-16-8-6-15(20)7-9-16/h5-10,13H,3-4,11-12,20H2,1-2H3,(H2,21,22,25). The molecule has 0 aliphatic heterocycles. The van der Waals surface area contributed by atoms with E-state index in [1.54, 1.807) is 0 Å². The molecule has 0 heterocycles. The SMILES string of the molecule is CCOc1ccc(CCNC(=S)Nc2ccc(N)cc2)cc1OCC. The second kappa shape index (κ2) is 9.74. The van der Waals surface area contributed by atoms with E-state index in [2.05, 4.69) is 10.6 Å². The van der Waals surface area contributed by atoms with Crippen molar-refractivity contribution in [3.63, 3.8) is 0 Å². The molecule has 0 unspecified atom stereocenters. The maximum Gasteiger partial charge on any atom is 0.170 e. The van der Waals surface area contributed by atoms with Crippen molar-refractivity contribution in [2.24, 2.45) is 0 Å². The van der Waals surface area contributed by atoms with E-state index in [1.165, 1.54) is 0 Å². The van der Waals surface area contributed by atoms with Crippen LogP contribution in [0.5, 0.6) is 11.5 Å². The molecular weight excluding hydrogens is 334 g/mol. The van der Waals surface area contributed by atoms with Gasteiger partial charge < -0.3 is 25.8 Å². The van der Waals surface area contributed by atoms with Gasteiger partial charge in [0.25, 0.3) is 0 Å². The Morgan fingerprint density at radius 3 is 2.36 bits per heavy atom. The summed E-state index contributed by atoms with van der Waals surface area (Å²) in [5, 5.41) is 6.92. The van der Waals surface area contributed by atoms with Crippen LogP contribution >= 0.6 is 12.2 Å². The molecule has 0 saturated heterocycles. The van der Waals surface area contributed by atoms with Gasteiger partial charge in [0.2, 0.25) is 0 Å². The van der Waals surface area contributed by atoms with Crippen LogP contribution in [0.25, 0.3) is 0 Å². The summed E-state index contributed by atoms with van der Waals surface area (Å²) in [6, 6.07) is 13.5. The molecule has 0 aliphatic carbocycles. The number of ether oxygens (including phenoxy) is 2. The Hall–Kier alpha value is -2.47. The second-order valence-corrected chi connectivity index (χ2v) is 5.81. The van der Waals surface area contributed by atoms with Gasteiger partial charge in [0.1, 0.15) is 0 Å². The summed E-state index contributed by atoms with van der Waals surface area (Å²) in [6.07, 6.45) is 0.829. The normalized spacial score (nSPS) is 10.2. The number of thiocarbonyl (C=S) groups is 1. The van der Waals surface area contributed by atoms with Crippen LogP contribution in [-0.4, -0.2) is 24.9 Å². The van der Waals surface area contributed by atoms with E-state index < -0.39 is 0 Å². The molecule has 0 fully saturated rings. The maximum absolute atomic E-state index is 5.67. The van der Waals surface area contributed by atoms with E-state index in [1.807, 2.05) is 56.3 Å². The summed E-state index contributed by atoms with van der Waals surface area (Å²) in [7, 11) is 0. The average Bonchev–Trinajstić information content (AvgIpc) is 2.59. The highest BCUT2D eigenvalue weighted by Crippen LogP contribution is 2.28. The number of nitrogens with two attached hydrogens (primary N) is 1. The van der Waals surface area contributed by atoms with Crippen LogP contribution in [-0.2, 0) is 6.42 Å². The fourth-order valence-electron chi connectivity index (χ4n) is 2.31. The number of hydrogen-bond donors (Lipinski definition) is 3. The van der Waals surface area contributed by atoms with E-state index in [9.17, 15) is 0 Å². The van der Waals surface area contributed by atoms with Crippen LogP contribution in [0.15, 0.2) is 42.5 Å². The smallest absolute Gasteiger partial charge is 0.170 e. The minimum atomic E-state index is 0.584. The van der Waals surface area contributed by atoms with E-state index in [0.29, 0.717) is 18.3 Å². The number of nitrogens with one attached hydrogen (secondary N) is 2. The lowest BCUT2D eigenvalue weighted by Gasteiger charge is -2.13. The highest BCUT2D eigenvalue weighted by atomic mass is 32.1. The van der Waals surface area contributed by atoms with Crippen molar-refractivity contribution in [1.29, 1.82) is 0 Å². The molecule has 0 bridgehead atoms. The molecule has 0 saturated carbocycles. The van der Waals surface area contributed by atoms with Gasteiger partial charge in [-0.25, -0.2) is 0 Å². The fraction of sp³-hybridized carbons (Fsp3) is 0.316. The highest BCUT2D eigenvalue weighted by molar-refractivity contribution is 7.80. The molecule has 0 radical (unpaired) electrons. The first-order valence-corrected chi connectivity index (χ1v) is 8.82. The molecule has 0 amide bonds. The lowest BCUT2D eigenvalue weighted by molar-refractivity contribution is 0.287. The van der Waals surface area contributed by atoms with Gasteiger partial charge in [-0.3, -0.25) is 0 Å². The number of anilines is 2. The summed E-state index contributed by atoms with van der Waals surface area (Å²) < 4.78 is 11.2. The van der Waals surface area contributed by atoms with Crippen LogP contribution in [0.3, 0.4) is 0 Å². The molecule has 0 aliphatic rings. The van der Waals surface area contributed by atoms with Crippen molar-refractivity contribution in [2.45, 2.75) is 20.3 Å². The molecular formula is C19H25N3O2S. The van der Waals surface area contributed by atoms with Gasteiger partial charge in [0.15, 0.2) is 16.6 Å². The van der Waals surface area contributed by atoms with Gasteiger partial charge >= 0.3 is 0 Å². The molecule has 2 aromatic rings. The summed E-state index contributed by atoms with van der Waals surface area (Å²) in [4.78, 5) is 0. The Kier molecular flexibility index (Phi) is 7.35. The second-order valence-electron chi connectivity index (χ2n) is 5.40. The van der Waals surface area contributed by atoms with Crippen LogP contribution in [0.1, 0.15) is 19.4 Å². The summed E-state index contributed by atoms with van der Waals surface area (Å²) in [6.45, 7) is 5.87. The van der Waals surface area contributed by atoms with Crippen molar-refractivity contribution >= 4 is 28.7 Å². The monoisotopic (exact) mass is 359 g/mol. The first-order valence-electron chi connectivity index (χ1n) is 8.41. The van der Waals surface area contributed by atoms with Gasteiger partial charge in [-0.15, -0.1) is 0 Å². The summed E-state index contributed by atoms with van der Waals surface area (Å²) >= 11 is 5.31. The topological polar surface area (TPSA) is 68.5 Å². The molecule has 5 nitrogen and oxygen atoms in total. The quantitative estimate of drug-likeness (QED) is 0.494. The van der Waals surface area contributed by atoms with Crippen molar-refractivity contribution in [3.8, 4) is 11.5 Å². The molecule has 2 aromatic carbocycles. The third-order valence-corrected chi connectivity index (χ3v) is 3.72. The maximum atomic E-state index is 5.67. The molecule has 0 aromatic heterocycles. The minimum absolute atomic E-state index is 0.584. The van der Waals surface area contributed by atoms with Gasteiger partial charge in [-0.2, -0.15) is 0 Å². The van der Waals surface area contributed by atoms with Crippen molar-refractivity contribution in [1.82, 2.24) is 5.32 Å². The van der Waals surface area contributed by atoms with Crippen molar-refractivity contribution in [2.75, 3.05) is 30.8 Å². The largest absolute Gasteiger partial charge is 0.490 e. The number of hydrogen-bond acceptors (Lipinski definition) is 4. The number of benzene rings is 2. The Labute approximate surface area is 154 Å². The summed E-state index contributed by atoms with van der Waals surface area (Å²) in [5.74, 6) is 1.56. The van der Waals surface area contributed by atoms with Crippen LogP contribution in [0.4, 0.5) is 11.4 Å². The lowest BCUT2D eigenvalue weighted by Crippen LogP contribution is -2.30. The van der Waals surface area contributed by atoms with Crippen molar-refractivity contribution < 1.29 is 9.47 Å². The Balaban J connectivity index is 1.85. The number of nitrogen functional groups attached to an aromatic ring is 1. The van der Waals surface area contributed by atoms with Crippen LogP contribution in [0.2, 0.25) is 0 Å². The molecule has 0 atom stereocenters. The first-order chi connectivity index (χ1) is 12.1.